The Hall–Kier alpha value is -2.15. The van der Waals surface area contributed by atoms with Crippen molar-refractivity contribution in [2.75, 3.05) is 40.8 Å². The van der Waals surface area contributed by atoms with Crippen LogP contribution >= 0.6 is 0 Å². The van der Waals surface area contributed by atoms with Gasteiger partial charge in [-0.2, -0.15) is 0 Å². The van der Waals surface area contributed by atoms with E-state index in [9.17, 15) is 9.18 Å². The first-order valence-electron chi connectivity index (χ1n) is 9.55. The van der Waals surface area contributed by atoms with Crippen LogP contribution in [0.2, 0.25) is 0 Å². The molecule has 0 radical (unpaired) electrons. The highest BCUT2D eigenvalue weighted by molar-refractivity contribution is 5.81. The van der Waals surface area contributed by atoms with Gasteiger partial charge in [0, 0.05) is 57.2 Å². The maximum atomic E-state index is 14.0. The molecule has 1 amide bonds. The van der Waals surface area contributed by atoms with Gasteiger partial charge < -0.3 is 20.4 Å². The lowest BCUT2D eigenvalue weighted by atomic mass is 9.79. The van der Waals surface area contributed by atoms with Crippen molar-refractivity contribution >= 4 is 11.9 Å². The lowest BCUT2D eigenvalue weighted by molar-refractivity contribution is -0.119. The number of aliphatic imine (C=N–C) groups is 1. The second kappa shape index (κ2) is 8.25. The van der Waals surface area contributed by atoms with Gasteiger partial charge in [-0.05, 0) is 44.6 Å². The fourth-order valence-corrected chi connectivity index (χ4v) is 4.14. The highest BCUT2D eigenvalue weighted by Gasteiger charge is 2.42. The van der Waals surface area contributed by atoms with E-state index >= 15 is 0 Å². The summed E-state index contributed by atoms with van der Waals surface area (Å²) in [5.74, 6) is 0.819. The van der Waals surface area contributed by atoms with Crippen molar-refractivity contribution in [3.63, 3.8) is 0 Å². The Morgan fingerprint density at radius 3 is 2.93 bits per heavy atom. The molecule has 0 saturated carbocycles. The number of carbonyl (C=O) groups is 1. The maximum Gasteiger partial charge on any atom is 0.220 e. The van der Waals surface area contributed by atoms with Crippen molar-refractivity contribution in [1.29, 1.82) is 0 Å². The Balaban J connectivity index is 1.63. The minimum atomic E-state index is -0.173. The van der Waals surface area contributed by atoms with Crippen molar-refractivity contribution in [3.05, 3.63) is 35.1 Å². The molecule has 0 bridgehead atoms. The molecule has 0 aliphatic carbocycles. The number of amides is 1. The van der Waals surface area contributed by atoms with Crippen LogP contribution in [0.5, 0.6) is 0 Å². The summed E-state index contributed by atoms with van der Waals surface area (Å²) in [4.78, 5) is 20.3. The Kier molecular flexibility index (Phi) is 5.99. The quantitative estimate of drug-likeness (QED) is 0.620. The van der Waals surface area contributed by atoms with Gasteiger partial charge in [0.25, 0.3) is 0 Å². The number of likely N-dealkylation sites (tertiary alicyclic amines) is 1. The van der Waals surface area contributed by atoms with Gasteiger partial charge >= 0.3 is 0 Å². The maximum absolute atomic E-state index is 14.0. The van der Waals surface area contributed by atoms with E-state index < -0.39 is 0 Å². The smallest absolute Gasteiger partial charge is 0.220 e. The zero-order valence-electron chi connectivity index (χ0n) is 16.5. The van der Waals surface area contributed by atoms with Gasteiger partial charge in [0.05, 0.1) is 0 Å². The normalized spacial score (nSPS) is 23.2. The lowest BCUT2D eigenvalue weighted by Gasteiger charge is -2.40. The van der Waals surface area contributed by atoms with Gasteiger partial charge in [-0.1, -0.05) is 6.07 Å². The molecule has 2 N–H and O–H groups in total. The average molecular weight is 375 g/mol. The molecule has 3 rings (SSSR count). The average Bonchev–Trinajstić information content (AvgIpc) is 2.97. The van der Waals surface area contributed by atoms with Crippen molar-refractivity contribution in [3.8, 4) is 0 Å². The number of hydrogen-bond acceptors (Lipinski definition) is 3. The Morgan fingerprint density at radius 2 is 2.26 bits per heavy atom. The van der Waals surface area contributed by atoms with E-state index in [4.69, 9.17) is 0 Å². The SMILES string of the molecule is CN=C(NCc1ccc(F)c(CN(C)C)c1)N1CCCC2(CNC(=O)C2)C1. The van der Waals surface area contributed by atoms with E-state index in [2.05, 4.69) is 20.5 Å². The van der Waals surface area contributed by atoms with Crippen LogP contribution in [0.3, 0.4) is 0 Å². The van der Waals surface area contributed by atoms with E-state index in [0.717, 1.165) is 44.0 Å². The Bertz CT molecular complexity index is 720. The predicted molar refractivity (Wildman–Crippen MR) is 105 cm³/mol. The highest BCUT2D eigenvalue weighted by atomic mass is 19.1. The van der Waals surface area contributed by atoms with Crippen LogP contribution in [-0.4, -0.2) is 62.4 Å². The van der Waals surface area contributed by atoms with Crippen molar-refractivity contribution in [2.24, 2.45) is 10.4 Å². The molecule has 2 heterocycles. The fraction of sp³-hybridized carbons (Fsp3) is 0.600. The first-order valence-corrected chi connectivity index (χ1v) is 9.55. The van der Waals surface area contributed by atoms with Crippen LogP contribution in [0, 0.1) is 11.2 Å². The molecule has 7 heteroatoms. The molecule has 1 spiro atoms. The van der Waals surface area contributed by atoms with E-state index in [1.807, 2.05) is 31.1 Å². The number of hydrogen-bond donors (Lipinski definition) is 2. The topological polar surface area (TPSA) is 60.0 Å². The third-order valence-electron chi connectivity index (χ3n) is 5.42. The number of halogens is 1. The largest absolute Gasteiger partial charge is 0.355 e. The van der Waals surface area contributed by atoms with Gasteiger partial charge in [0.2, 0.25) is 5.91 Å². The molecule has 6 nitrogen and oxygen atoms in total. The van der Waals surface area contributed by atoms with Crippen LogP contribution in [0.4, 0.5) is 4.39 Å². The van der Waals surface area contributed by atoms with Crippen molar-refractivity contribution in [2.45, 2.75) is 32.4 Å². The Labute approximate surface area is 160 Å². The number of carbonyl (C=O) groups excluding carboxylic acids is 1. The molecular weight excluding hydrogens is 345 g/mol. The van der Waals surface area contributed by atoms with Crippen LogP contribution in [-0.2, 0) is 17.9 Å². The molecule has 1 unspecified atom stereocenters. The second-order valence-corrected chi connectivity index (χ2v) is 8.04. The van der Waals surface area contributed by atoms with Gasteiger partial charge in [-0.3, -0.25) is 9.79 Å². The van der Waals surface area contributed by atoms with Crippen LogP contribution in [0.25, 0.3) is 0 Å². The monoisotopic (exact) mass is 375 g/mol. The van der Waals surface area contributed by atoms with Crippen molar-refractivity contribution < 1.29 is 9.18 Å². The van der Waals surface area contributed by atoms with Crippen molar-refractivity contribution in [1.82, 2.24) is 20.4 Å². The highest BCUT2D eigenvalue weighted by Crippen LogP contribution is 2.36. The van der Waals surface area contributed by atoms with Gasteiger partial charge in [-0.25, -0.2) is 4.39 Å². The van der Waals surface area contributed by atoms with E-state index in [0.29, 0.717) is 25.1 Å². The summed E-state index contributed by atoms with van der Waals surface area (Å²) in [5.41, 5.74) is 1.75. The van der Waals surface area contributed by atoms with Gasteiger partial charge in [0.1, 0.15) is 5.82 Å². The first kappa shape index (κ1) is 19.6. The van der Waals surface area contributed by atoms with E-state index in [1.165, 1.54) is 6.07 Å². The summed E-state index contributed by atoms with van der Waals surface area (Å²) in [6.07, 6.45) is 2.73. The third kappa shape index (κ3) is 4.77. The molecule has 2 aliphatic rings. The van der Waals surface area contributed by atoms with Crippen LogP contribution in [0.15, 0.2) is 23.2 Å². The van der Waals surface area contributed by atoms with Gasteiger partial charge in [-0.15, -0.1) is 0 Å². The summed E-state index contributed by atoms with van der Waals surface area (Å²) in [7, 11) is 5.64. The summed E-state index contributed by atoms with van der Waals surface area (Å²) < 4.78 is 14.0. The summed E-state index contributed by atoms with van der Waals surface area (Å²) in [6, 6.07) is 5.25. The molecule has 1 aromatic carbocycles. The first-order chi connectivity index (χ1) is 12.9. The minimum Gasteiger partial charge on any atom is -0.355 e. The number of nitrogens with zero attached hydrogens (tertiary/aromatic N) is 3. The molecule has 2 saturated heterocycles. The Morgan fingerprint density at radius 1 is 1.44 bits per heavy atom. The fourth-order valence-electron chi connectivity index (χ4n) is 4.14. The summed E-state index contributed by atoms with van der Waals surface area (Å²) in [5, 5.41) is 6.38. The molecular formula is C20H30FN5O. The van der Waals surface area contributed by atoms with Crippen LogP contribution in [0.1, 0.15) is 30.4 Å². The second-order valence-electron chi connectivity index (χ2n) is 8.04. The summed E-state index contributed by atoms with van der Waals surface area (Å²) >= 11 is 0. The molecule has 2 fully saturated rings. The number of nitrogens with one attached hydrogen (secondary N) is 2. The van der Waals surface area contributed by atoms with E-state index in [-0.39, 0.29) is 17.1 Å². The number of rotatable bonds is 4. The number of piperidine rings is 1. The number of benzene rings is 1. The molecule has 1 aromatic rings. The van der Waals surface area contributed by atoms with E-state index in [1.54, 1.807) is 7.05 Å². The molecule has 27 heavy (non-hydrogen) atoms. The molecule has 0 aromatic heterocycles. The third-order valence-corrected chi connectivity index (χ3v) is 5.42. The minimum absolute atomic E-state index is 0.0295. The summed E-state index contributed by atoms with van der Waals surface area (Å²) in [6.45, 7) is 3.69. The standard InChI is InChI=1S/C20H30FN5O/c1-22-19(26-8-4-7-20(14-26)10-18(27)24-13-20)23-11-15-5-6-17(21)16(9-15)12-25(2)3/h5-6,9H,4,7-8,10-14H2,1-3H3,(H,22,23)(H,24,27). The molecule has 148 valence electrons. The van der Waals surface area contributed by atoms with Crippen LogP contribution < -0.4 is 10.6 Å². The molecule has 2 aliphatic heterocycles. The zero-order chi connectivity index (χ0) is 19.4. The molecule has 1 atom stereocenters. The zero-order valence-corrected chi connectivity index (χ0v) is 16.5. The van der Waals surface area contributed by atoms with Gasteiger partial charge in [0.15, 0.2) is 5.96 Å². The predicted octanol–water partition coefficient (Wildman–Crippen LogP) is 1.56. The lowest BCUT2D eigenvalue weighted by Crippen LogP contribution is -2.51. The number of guanidine groups is 1.